The standard InChI is InChI=1S/C21H16O9/c1-26-12-7-19(24,25)8-3-2-4-10-14(8)20(12)28-11-6-5-9(22)13-15(11)21(29-10,30-20)18-17(27-18)16(13)23/h2-6,12,17-18,22,24-25H,7H2,1H3/t12-,17?,18?,20?,21?/m1/s1. The van der Waals surface area contributed by atoms with Gasteiger partial charge in [0.15, 0.2) is 23.8 Å². The fourth-order valence-corrected chi connectivity index (χ4v) is 5.40. The SMILES string of the molecule is CO[C@@H]1CC(O)(O)c2cccc3c2C12Oc1ccc(O)c4c1C(O3)(O2)C1OC1C4=O. The lowest BCUT2D eigenvalue weighted by Crippen LogP contribution is -2.67. The summed E-state index contributed by atoms with van der Waals surface area (Å²) < 4.78 is 30.4. The van der Waals surface area contributed by atoms with Crippen LogP contribution in [0.25, 0.3) is 0 Å². The first-order chi connectivity index (χ1) is 14.3. The molecule has 1 saturated heterocycles. The number of ketones is 1. The first-order valence-electron chi connectivity index (χ1n) is 9.58. The second-order valence-corrected chi connectivity index (χ2v) is 8.24. The molecule has 3 heterocycles. The first-order valence-corrected chi connectivity index (χ1v) is 9.58. The normalized spacial score (nSPS) is 37.8. The van der Waals surface area contributed by atoms with Crippen molar-refractivity contribution in [3.63, 3.8) is 0 Å². The summed E-state index contributed by atoms with van der Waals surface area (Å²) in [4.78, 5) is 12.8. The summed E-state index contributed by atoms with van der Waals surface area (Å²) >= 11 is 0. The molecule has 9 heteroatoms. The van der Waals surface area contributed by atoms with Crippen molar-refractivity contribution in [3.05, 3.63) is 52.6 Å². The highest BCUT2D eigenvalue weighted by atomic mass is 16.8. The van der Waals surface area contributed by atoms with Gasteiger partial charge in [-0.05, 0) is 18.2 Å². The molecule has 0 saturated carbocycles. The topological polar surface area (TPSA) is 127 Å². The Morgan fingerprint density at radius 3 is 2.63 bits per heavy atom. The number of Topliss-reactive ketones (excluding diaryl/α,β-unsaturated/α-hetero) is 1. The maximum atomic E-state index is 12.8. The van der Waals surface area contributed by atoms with Crippen LogP contribution in [0.1, 0.15) is 33.5 Å². The highest BCUT2D eigenvalue weighted by Gasteiger charge is 2.76. The van der Waals surface area contributed by atoms with Gasteiger partial charge in [-0.15, -0.1) is 0 Å². The summed E-state index contributed by atoms with van der Waals surface area (Å²) in [6, 6.07) is 7.78. The molecule has 1 fully saturated rings. The zero-order chi connectivity index (χ0) is 20.6. The van der Waals surface area contributed by atoms with Crippen LogP contribution in [0.15, 0.2) is 30.3 Å². The van der Waals surface area contributed by atoms with Crippen LogP contribution in [0.5, 0.6) is 17.2 Å². The second kappa shape index (κ2) is 4.79. The van der Waals surface area contributed by atoms with Crippen LogP contribution in [0.2, 0.25) is 0 Å². The van der Waals surface area contributed by atoms with Gasteiger partial charge >= 0.3 is 0 Å². The van der Waals surface area contributed by atoms with Gasteiger partial charge in [-0.1, -0.05) is 12.1 Å². The number of epoxide rings is 1. The van der Waals surface area contributed by atoms with E-state index < -0.39 is 35.7 Å². The lowest BCUT2D eigenvalue weighted by molar-refractivity contribution is -0.403. The van der Waals surface area contributed by atoms with Gasteiger partial charge in [-0.25, -0.2) is 0 Å². The van der Waals surface area contributed by atoms with E-state index in [9.17, 15) is 20.1 Å². The number of methoxy groups -OCH3 is 1. The number of fused-ring (bicyclic) bond motifs is 1. The van der Waals surface area contributed by atoms with E-state index in [4.69, 9.17) is 23.7 Å². The fourth-order valence-electron chi connectivity index (χ4n) is 5.40. The number of phenols is 1. The predicted octanol–water partition coefficient (Wildman–Crippen LogP) is 0.719. The quantitative estimate of drug-likeness (QED) is 0.459. The van der Waals surface area contributed by atoms with Crippen LogP contribution in [0, 0.1) is 0 Å². The molecular weight excluding hydrogens is 396 g/mol. The second-order valence-electron chi connectivity index (χ2n) is 8.24. The van der Waals surface area contributed by atoms with Crippen molar-refractivity contribution < 1.29 is 43.8 Å². The van der Waals surface area contributed by atoms with Gasteiger partial charge in [0, 0.05) is 19.1 Å². The number of carbonyl (C=O) groups excluding carboxylic acids is 1. The van der Waals surface area contributed by atoms with Gasteiger partial charge in [0.25, 0.3) is 11.6 Å². The van der Waals surface area contributed by atoms with Gasteiger partial charge in [0.05, 0.1) is 16.7 Å². The Morgan fingerprint density at radius 1 is 1.07 bits per heavy atom. The maximum absolute atomic E-state index is 12.8. The number of benzene rings is 2. The summed E-state index contributed by atoms with van der Waals surface area (Å²) in [5, 5.41) is 31.8. The van der Waals surface area contributed by atoms with Crippen molar-refractivity contribution in [3.8, 4) is 17.2 Å². The molecule has 2 aromatic carbocycles. The zero-order valence-corrected chi connectivity index (χ0v) is 15.6. The number of hydrogen-bond donors (Lipinski definition) is 3. The van der Waals surface area contributed by atoms with Gasteiger partial charge in [0.2, 0.25) is 0 Å². The number of phenolic OH excluding ortho intramolecular Hbond substituents is 1. The highest BCUT2D eigenvalue weighted by Crippen LogP contribution is 2.66. The number of hydrogen-bond acceptors (Lipinski definition) is 9. The minimum Gasteiger partial charge on any atom is -0.507 e. The molecule has 2 spiro atoms. The van der Waals surface area contributed by atoms with Crippen molar-refractivity contribution in [1.82, 2.24) is 0 Å². The lowest BCUT2D eigenvalue weighted by atomic mass is 9.75. The van der Waals surface area contributed by atoms with E-state index in [0.717, 1.165) is 0 Å². The monoisotopic (exact) mass is 412 g/mol. The van der Waals surface area contributed by atoms with Crippen LogP contribution in [0.3, 0.4) is 0 Å². The molecule has 0 radical (unpaired) electrons. The van der Waals surface area contributed by atoms with Gasteiger partial charge < -0.3 is 34.3 Å². The first kappa shape index (κ1) is 17.0. The van der Waals surface area contributed by atoms with Gasteiger partial charge in [-0.3, -0.25) is 9.53 Å². The molecule has 2 aliphatic carbocycles. The summed E-state index contributed by atoms with van der Waals surface area (Å²) in [7, 11) is 1.43. The van der Waals surface area contributed by atoms with E-state index in [2.05, 4.69) is 0 Å². The van der Waals surface area contributed by atoms with E-state index in [-0.39, 0.29) is 40.4 Å². The fraction of sp³-hybridized carbons (Fsp3) is 0.381. The smallest absolute Gasteiger partial charge is 0.274 e. The van der Waals surface area contributed by atoms with Crippen LogP contribution < -0.4 is 9.47 Å². The molecule has 30 heavy (non-hydrogen) atoms. The number of carbonyl (C=O) groups is 1. The minimum atomic E-state index is -2.18. The number of ether oxygens (including phenoxy) is 5. The van der Waals surface area contributed by atoms with E-state index >= 15 is 0 Å². The van der Waals surface area contributed by atoms with Crippen molar-refractivity contribution in [1.29, 1.82) is 0 Å². The summed E-state index contributed by atoms with van der Waals surface area (Å²) in [5.74, 6) is -5.28. The Hall–Kier alpha value is -2.69. The van der Waals surface area contributed by atoms with Crippen molar-refractivity contribution >= 4 is 5.78 Å². The summed E-state index contributed by atoms with van der Waals surface area (Å²) in [6.45, 7) is 0. The molecule has 7 rings (SSSR count). The number of aliphatic hydroxyl groups is 2. The van der Waals surface area contributed by atoms with E-state index in [1.807, 2.05) is 0 Å². The van der Waals surface area contributed by atoms with Gasteiger partial charge in [0.1, 0.15) is 23.4 Å². The molecule has 0 aromatic heterocycles. The third kappa shape index (κ3) is 1.65. The Balaban J connectivity index is 1.59. The van der Waals surface area contributed by atoms with Crippen LogP contribution >= 0.6 is 0 Å². The van der Waals surface area contributed by atoms with Crippen molar-refractivity contribution in [2.75, 3.05) is 7.11 Å². The molecule has 0 amide bonds. The van der Waals surface area contributed by atoms with Crippen LogP contribution in [0.4, 0.5) is 0 Å². The number of aromatic hydroxyl groups is 1. The molecule has 2 aromatic rings. The van der Waals surface area contributed by atoms with Crippen LogP contribution in [-0.4, -0.2) is 46.5 Å². The number of rotatable bonds is 1. The van der Waals surface area contributed by atoms with Crippen LogP contribution in [-0.2, 0) is 31.6 Å². The predicted molar refractivity (Wildman–Crippen MR) is 94.8 cm³/mol. The lowest BCUT2D eigenvalue weighted by Gasteiger charge is -2.57. The van der Waals surface area contributed by atoms with Gasteiger partial charge in [-0.2, -0.15) is 0 Å². The Labute approximate surface area is 169 Å². The van der Waals surface area contributed by atoms with Crippen molar-refractivity contribution in [2.24, 2.45) is 0 Å². The Kier molecular flexibility index (Phi) is 2.72. The van der Waals surface area contributed by atoms with E-state index in [0.29, 0.717) is 11.3 Å². The molecule has 2 bridgehead atoms. The molecule has 5 aliphatic rings. The van der Waals surface area contributed by atoms with E-state index in [1.54, 1.807) is 18.2 Å². The molecule has 4 unspecified atom stereocenters. The molecule has 3 aliphatic heterocycles. The third-order valence-corrected chi connectivity index (χ3v) is 6.68. The average molecular weight is 412 g/mol. The average Bonchev–Trinajstić information content (AvgIpc) is 3.52. The largest absolute Gasteiger partial charge is 0.507 e. The summed E-state index contributed by atoms with van der Waals surface area (Å²) in [5.41, 5.74) is 0.815. The minimum absolute atomic E-state index is 0.0455. The molecule has 3 N–H and O–H groups in total. The zero-order valence-electron chi connectivity index (χ0n) is 15.6. The molecule has 5 atom stereocenters. The highest BCUT2D eigenvalue weighted by molar-refractivity contribution is 6.07. The van der Waals surface area contributed by atoms with E-state index in [1.165, 1.54) is 19.2 Å². The maximum Gasteiger partial charge on any atom is 0.274 e. The molecular formula is C21H16O9. The molecule has 9 nitrogen and oxygen atoms in total. The third-order valence-electron chi connectivity index (χ3n) is 6.68. The van der Waals surface area contributed by atoms with Crippen molar-refractivity contribution in [2.45, 2.75) is 42.1 Å². The summed E-state index contributed by atoms with van der Waals surface area (Å²) in [6.07, 6.45) is -2.67. The molecule has 154 valence electrons. The Morgan fingerprint density at radius 2 is 1.83 bits per heavy atom. The Bertz CT molecular complexity index is 1170.